The molecule has 1 atom stereocenters. The molecule has 2 rings (SSSR count). The second-order valence-electron chi connectivity index (χ2n) is 4.45. The van der Waals surface area contributed by atoms with Gasteiger partial charge in [-0.2, -0.15) is 0 Å². The van der Waals surface area contributed by atoms with Gasteiger partial charge >= 0.3 is 0 Å². The molecular weight excluding hydrogens is 350 g/mol. The summed E-state index contributed by atoms with van der Waals surface area (Å²) in [6, 6.07) is 2.50. The van der Waals surface area contributed by atoms with Crippen molar-refractivity contribution in [1.29, 1.82) is 0 Å². The Morgan fingerprint density at radius 3 is 2.71 bits per heavy atom. The number of hydrogen-bond donors (Lipinski definition) is 1. The summed E-state index contributed by atoms with van der Waals surface area (Å²) in [5, 5.41) is 3.52. The molecule has 1 aliphatic rings. The van der Waals surface area contributed by atoms with Crippen LogP contribution in [0.2, 0.25) is 0 Å². The van der Waals surface area contributed by atoms with Crippen LogP contribution in [0.15, 0.2) is 19.6 Å². The number of hydrogen-bond acceptors (Lipinski definition) is 3. The van der Waals surface area contributed by atoms with E-state index in [1.807, 2.05) is 6.07 Å². The van der Waals surface area contributed by atoms with Crippen molar-refractivity contribution in [2.24, 2.45) is 5.92 Å². The summed E-state index contributed by atoms with van der Waals surface area (Å²) in [6.45, 7) is 4.80. The summed E-state index contributed by atoms with van der Waals surface area (Å²) < 4.78 is 12.6. The first kappa shape index (κ1) is 13.6. The normalized spacial score (nSPS) is 19.5. The van der Waals surface area contributed by atoms with Crippen molar-refractivity contribution in [3.8, 4) is 0 Å². The van der Waals surface area contributed by atoms with Crippen LogP contribution in [0.1, 0.15) is 25.5 Å². The lowest BCUT2D eigenvalue weighted by molar-refractivity contribution is 0.0555. The molecule has 0 aliphatic carbocycles. The largest absolute Gasteiger partial charge is 0.452 e. The average Bonchev–Trinajstić information content (AvgIpc) is 2.67. The Morgan fingerprint density at radius 1 is 1.41 bits per heavy atom. The van der Waals surface area contributed by atoms with Crippen LogP contribution in [-0.4, -0.2) is 19.3 Å². The van der Waals surface area contributed by atoms with Gasteiger partial charge in [0.1, 0.15) is 5.76 Å². The molecule has 1 N–H and O–H groups in total. The summed E-state index contributed by atoms with van der Waals surface area (Å²) in [4.78, 5) is 0. The van der Waals surface area contributed by atoms with Crippen LogP contribution >= 0.6 is 31.9 Å². The van der Waals surface area contributed by atoms with Gasteiger partial charge < -0.3 is 14.5 Å². The lowest BCUT2D eigenvalue weighted by Crippen LogP contribution is -2.36. The fourth-order valence-corrected chi connectivity index (χ4v) is 2.78. The Bertz CT molecular complexity index is 342. The van der Waals surface area contributed by atoms with Crippen LogP contribution in [0, 0.1) is 5.92 Å². The van der Waals surface area contributed by atoms with Gasteiger partial charge in [-0.15, -0.1) is 0 Å². The first-order valence-corrected chi connectivity index (χ1v) is 7.50. The molecule has 0 aromatic carbocycles. The number of nitrogens with one attached hydrogen (secondary N) is 1. The summed E-state index contributed by atoms with van der Waals surface area (Å²) in [5.74, 6) is 1.66. The molecular formula is C12H17Br2NO2. The summed E-state index contributed by atoms with van der Waals surface area (Å²) >= 11 is 6.76. The minimum atomic E-state index is 0.501. The van der Waals surface area contributed by atoms with Crippen molar-refractivity contribution in [3.05, 3.63) is 21.0 Å². The van der Waals surface area contributed by atoms with Crippen molar-refractivity contribution in [2.75, 3.05) is 13.2 Å². The predicted octanol–water partition coefficient (Wildman–Crippen LogP) is 3.71. The first-order valence-electron chi connectivity index (χ1n) is 5.91. The monoisotopic (exact) mass is 365 g/mol. The highest BCUT2D eigenvalue weighted by Gasteiger charge is 2.20. The molecule has 0 bridgehead atoms. The van der Waals surface area contributed by atoms with Crippen molar-refractivity contribution in [2.45, 2.75) is 32.4 Å². The average molecular weight is 367 g/mol. The Labute approximate surface area is 119 Å². The van der Waals surface area contributed by atoms with Crippen molar-refractivity contribution in [1.82, 2.24) is 5.32 Å². The van der Waals surface area contributed by atoms with E-state index in [4.69, 9.17) is 9.15 Å². The van der Waals surface area contributed by atoms with Crippen molar-refractivity contribution in [3.63, 3.8) is 0 Å². The van der Waals surface area contributed by atoms with Crippen molar-refractivity contribution >= 4 is 31.9 Å². The molecule has 0 saturated carbocycles. The maximum atomic E-state index is 5.53. The van der Waals surface area contributed by atoms with Crippen LogP contribution in [0.25, 0.3) is 0 Å². The molecule has 5 heteroatoms. The topological polar surface area (TPSA) is 34.4 Å². The van der Waals surface area contributed by atoms with Crippen molar-refractivity contribution < 1.29 is 9.15 Å². The van der Waals surface area contributed by atoms with E-state index >= 15 is 0 Å². The fourth-order valence-electron chi connectivity index (χ4n) is 2.12. The number of rotatable bonds is 4. The van der Waals surface area contributed by atoms with Crippen LogP contribution in [0.4, 0.5) is 0 Å². The summed E-state index contributed by atoms with van der Waals surface area (Å²) in [6.07, 6.45) is 2.30. The molecule has 1 fully saturated rings. The molecule has 1 unspecified atom stereocenters. The van der Waals surface area contributed by atoms with Gasteiger partial charge in [-0.05, 0) is 63.6 Å². The van der Waals surface area contributed by atoms with Gasteiger partial charge in [0.25, 0.3) is 0 Å². The number of ether oxygens (including phenoxy) is 1. The first-order chi connectivity index (χ1) is 8.16. The van der Waals surface area contributed by atoms with Gasteiger partial charge in [0.2, 0.25) is 0 Å². The third-order valence-electron chi connectivity index (χ3n) is 3.27. The lowest BCUT2D eigenvalue weighted by Gasteiger charge is -2.28. The molecule has 17 heavy (non-hydrogen) atoms. The third kappa shape index (κ3) is 3.81. The molecule has 0 spiro atoms. The zero-order chi connectivity index (χ0) is 12.3. The Hall–Kier alpha value is 0.160. The molecule has 1 aliphatic heterocycles. The number of furan rings is 1. The highest BCUT2D eigenvalue weighted by Crippen LogP contribution is 2.27. The second kappa shape index (κ2) is 6.36. The highest BCUT2D eigenvalue weighted by molar-refractivity contribution is 9.13. The van der Waals surface area contributed by atoms with Crippen LogP contribution in [0.3, 0.4) is 0 Å². The van der Waals surface area contributed by atoms with Gasteiger partial charge in [0, 0.05) is 19.3 Å². The van der Waals surface area contributed by atoms with E-state index in [2.05, 4.69) is 44.1 Å². The van der Waals surface area contributed by atoms with E-state index in [-0.39, 0.29) is 0 Å². The second-order valence-corrected chi connectivity index (χ2v) is 6.03. The van der Waals surface area contributed by atoms with E-state index in [1.54, 1.807) is 0 Å². The molecule has 0 radical (unpaired) electrons. The summed E-state index contributed by atoms with van der Waals surface area (Å²) in [5.41, 5.74) is 0. The molecule has 0 amide bonds. The van der Waals surface area contributed by atoms with E-state index < -0.39 is 0 Å². The van der Waals surface area contributed by atoms with Gasteiger partial charge in [0.05, 0.1) is 11.0 Å². The summed E-state index contributed by atoms with van der Waals surface area (Å²) in [7, 11) is 0. The van der Waals surface area contributed by atoms with Crippen LogP contribution in [-0.2, 0) is 11.3 Å². The zero-order valence-corrected chi connectivity index (χ0v) is 13.0. The SMILES string of the molecule is CC(NCc1cc(Br)c(Br)o1)C1CCOCC1. The lowest BCUT2D eigenvalue weighted by atomic mass is 9.93. The molecule has 1 aromatic rings. The highest BCUT2D eigenvalue weighted by atomic mass is 79.9. The van der Waals surface area contributed by atoms with E-state index in [0.717, 1.165) is 47.5 Å². The predicted molar refractivity (Wildman–Crippen MR) is 74.0 cm³/mol. The smallest absolute Gasteiger partial charge is 0.183 e. The van der Waals surface area contributed by atoms with E-state index in [1.165, 1.54) is 0 Å². The molecule has 1 aromatic heterocycles. The maximum absolute atomic E-state index is 5.53. The number of halogens is 2. The molecule has 1 saturated heterocycles. The standard InChI is InChI=1S/C12H17Br2NO2/c1-8(9-2-4-16-5-3-9)15-7-10-6-11(13)12(14)17-10/h6,8-9,15H,2-5,7H2,1H3. The zero-order valence-electron chi connectivity index (χ0n) is 9.84. The molecule has 96 valence electrons. The molecule has 2 heterocycles. The third-order valence-corrected chi connectivity index (χ3v) is 4.98. The fraction of sp³-hybridized carbons (Fsp3) is 0.667. The van der Waals surface area contributed by atoms with Gasteiger partial charge in [-0.25, -0.2) is 0 Å². The molecule has 3 nitrogen and oxygen atoms in total. The van der Waals surface area contributed by atoms with Gasteiger partial charge in [-0.1, -0.05) is 0 Å². The van der Waals surface area contributed by atoms with E-state index in [9.17, 15) is 0 Å². The van der Waals surface area contributed by atoms with Crippen LogP contribution < -0.4 is 5.32 Å². The van der Waals surface area contributed by atoms with Gasteiger partial charge in [-0.3, -0.25) is 0 Å². The minimum absolute atomic E-state index is 0.501. The van der Waals surface area contributed by atoms with Gasteiger partial charge in [0.15, 0.2) is 4.67 Å². The Morgan fingerprint density at radius 2 is 2.12 bits per heavy atom. The van der Waals surface area contributed by atoms with E-state index in [0.29, 0.717) is 12.0 Å². The Kier molecular flexibility index (Phi) is 5.09. The quantitative estimate of drug-likeness (QED) is 0.881. The maximum Gasteiger partial charge on any atom is 0.183 e. The Balaban J connectivity index is 1.80. The van der Waals surface area contributed by atoms with Crippen LogP contribution in [0.5, 0.6) is 0 Å². The minimum Gasteiger partial charge on any atom is -0.452 e.